The Morgan fingerprint density at radius 3 is 3.06 bits per heavy atom. The lowest BCUT2D eigenvalue weighted by atomic mass is 10.0. The van der Waals surface area contributed by atoms with Gasteiger partial charge in [0.1, 0.15) is 12.3 Å². The first kappa shape index (κ1) is 11.3. The highest BCUT2D eigenvalue weighted by Crippen LogP contribution is 2.41. The monoisotopic (exact) mass is 260 g/mol. The molecule has 18 heavy (non-hydrogen) atoms. The average molecular weight is 260 g/mol. The van der Waals surface area contributed by atoms with E-state index in [9.17, 15) is 4.79 Å². The fourth-order valence-corrected chi connectivity index (χ4v) is 3.08. The number of aromatic amines is 1. The van der Waals surface area contributed by atoms with E-state index in [0.717, 1.165) is 33.0 Å². The van der Waals surface area contributed by atoms with Gasteiger partial charge < -0.3 is 20.2 Å². The highest BCUT2D eigenvalue weighted by molar-refractivity contribution is 7.16. The van der Waals surface area contributed by atoms with Crippen LogP contribution in [0.25, 0.3) is 11.6 Å². The van der Waals surface area contributed by atoms with Crippen LogP contribution in [0.15, 0.2) is 24.4 Å². The van der Waals surface area contributed by atoms with Crippen LogP contribution in [0, 0.1) is 0 Å². The van der Waals surface area contributed by atoms with Gasteiger partial charge >= 0.3 is 0 Å². The Bertz CT molecular complexity index is 599. The molecule has 3 rings (SSSR count). The predicted octanol–water partition coefficient (Wildman–Crippen LogP) is 2.10. The van der Waals surface area contributed by atoms with Crippen LogP contribution in [0.4, 0.5) is 5.00 Å². The van der Waals surface area contributed by atoms with Gasteiger partial charge in [-0.3, -0.25) is 0 Å². The van der Waals surface area contributed by atoms with Crippen molar-refractivity contribution in [2.75, 3.05) is 5.32 Å². The number of aliphatic hydroxyl groups excluding tert-OH is 1. The number of carbonyl (C=O) groups is 1. The second-order valence-electron chi connectivity index (χ2n) is 4.10. The van der Waals surface area contributed by atoms with Crippen LogP contribution in [0.5, 0.6) is 0 Å². The SMILES string of the molecule is O=CC1Nc2sc(CO)cc2/C1=C/c1ccc[nH]1. The molecule has 0 fully saturated rings. The molecule has 92 valence electrons. The standard InChI is InChI=1S/C13H12N2O2S/c16-6-9-5-11-10(4-8-2-1-3-14-8)12(7-17)15-13(11)18-9/h1-5,7,12,14-16H,6H2/b10-4-. The van der Waals surface area contributed by atoms with E-state index in [1.54, 1.807) is 0 Å². The van der Waals surface area contributed by atoms with Gasteiger partial charge in [0.15, 0.2) is 0 Å². The first-order valence-corrected chi connectivity index (χ1v) is 6.44. The zero-order valence-electron chi connectivity index (χ0n) is 9.51. The predicted molar refractivity (Wildman–Crippen MR) is 72.4 cm³/mol. The number of hydrogen-bond donors (Lipinski definition) is 3. The Morgan fingerprint density at radius 2 is 2.39 bits per heavy atom. The number of aliphatic hydroxyl groups is 1. The number of H-pyrrole nitrogens is 1. The van der Waals surface area contributed by atoms with Crippen LogP contribution in [-0.2, 0) is 11.4 Å². The molecule has 4 nitrogen and oxygen atoms in total. The molecule has 3 heterocycles. The van der Waals surface area contributed by atoms with E-state index in [1.807, 2.05) is 30.5 Å². The minimum Gasteiger partial charge on any atom is -0.391 e. The van der Waals surface area contributed by atoms with Crippen LogP contribution < -0.4 is 5.32 Å². The molecule has 0 aromatic carbocycles. The van der Waals surface area contributed by atoms with Gasteiger partial charge in [0, 0.05) is 22.3 Å². The summed E-state index contributed by atoms with van der Waals surface area (Å²) in [5, 5.41) is 13.3. The molecule has 2 aromatic rings. The van der Waals surface area contributed by atoms with Crippen molar-refractivity contribution in [3.63, 3.8) is 0 Å². The Morgan fingerprint density at radius 1 is 1.50 bits per heavy atom. The zero-order valence-corrected chi connectivity index (χ0v) is 10.3. The van der Waals surface area contributed by atoms with Gasteiger partial charge in [0.2, 0.25) is 0 Å². The van der Waals surface area contributed by atoms with Gasteiger partial charge in [-0.05, 0) is 29.8 Å². The van der Waals surface area contributed by atoms with Gasteiger partial charge in [-0.1, -0.05) is 0 Å². The number of rotatable bonds is 3. The highest BCUT2D eigenvalue weighted by Gasteiger charge is 2.28. The molecule has 1 aliphatic rings. The second-order valence-corrected chi connectivity index (χ2v) is 5.23. The maximum absolute atomic E-state index is 11.1. The number of aldehydes is 1. The summed E-state index contributed by atoms with van der Waals surface area (Å²) in [6.07, 6.45) is 4.71. The molecular weight excluding hydrogens is 248 g/mol. The van der Waals surface area contributed by atoms with Crippen molar-refractivity contribution in [3.05, 3.63) is 40.5 Å². The van der Waals surface area contributed by atoms with Gasteiger partial charge in [-0.2, -0.15) is 0 Å². The van der Waals surface area contributed by atoms with E-state index in [2.05, 4.69) is 10.3 Å². The van der Waals surface area contributed by atoms with Gasteiger partial charge in [0.05, 0.1) is 11.6 Å². The van der Waals surface area contributed by atoms with Crippen molar-refractivity contribution in [2.24, 2.45) is 0 Å². The normalized spacial score (nSPS) is 19.8. The van der Waals surface area contributed by atoms with Crippen molar-refractivity contribution >= 4 is 34.3 Å². The molecular formula is C13H12N2O2S. The van der Waals surface area contributed by atoms with Crippen LogP contribution in [0.1, 0.15) is 16.1 Å². The summed E-state index contributed by atoms with van der Waals surface area (Å²) in [7, 11) is 0. The van der Waals surface area contributed by atoms with Crippen molar-refractivity contribution in [2.45, 2.75) is 12.6 Å². The zero-order chi connectivity index (χ0) is 12.5. The Balaban J connectivity index is 2.06. The Kier molecular flexibility index (Phi) is 2.77. The Hall–Kier alpha value is -1.85. The molecule has 1 atom stereocenters. The summed E-state index contributed by atoms with van der Waals surface area (Å²) in [5.41, 5.74) is 2.91. The summed E-state index contributed by atoms with van der Waals surface area (Å²) in [5.74, 6) is 0. The largest absolute Gasteiger partial charge is 0.391 e. The third-order valence-electron chi connectivity index (χ3n) is 2.94. The van der Waals surface area contributed by atoms with E-state index in [0.29, 0.717) is 0 Å². The fraction of sp³-hybridized carbons (Fsp3) is 0.154. The lowest BCUT2D eigenvalue weighted by molar-refractivity contribution is -0.107. The molecule has 0 bridgehead atoms. The van der Waals surface area contributed by atoms with Crippen LogP contribution >= 0.6 is 11.3 Å². The molecule has 1 unspecified atom stereocenters. The molecule has 0 radical (unpaired) electrons. The summed E-state index contributed by atoms with van der Waals surface area (Å²) in [6.45, 7) is 0.0287. The first-order valence-electron chi connectivity index (χ1n) is 5.62. The van der Waals surface area contributed by atoms with Gasteiger partial charge in [-0.25, -0.2) is 0 Å². The van der Waals surface area contributed by atoms with Crippen molar-refractivity contribution in [3.8, 4) is 0 Å². The van der Waals surface area contributed by atoms with Gasteiger partial charge in [-0.15, -0.1) is 11.3 Å². The Labute approximate surface area is 108 Å². The summed E-state index contributed by atoms with van der Waals surface area (Å²) < 4.78 is 0. The number of nitrogens with one attached hydrogen (secondary N) is 2. The van der Waals surface area contributed by atoms with Crippen molar-refractivity contribution < 1.29 is 9.90 Å². The first-order chi connectivity index (χ1) is 8.81. The minimum atomic E-state index is -0.303. The third kappa shape index (κ3) is 1.77. The molecule has 0 spiro atoms. The van der Waals surface area contributed by atoms with E-state index < -0.39 is 0 Å². The maximum Gasteiger partial charge on any atom is 0.146 e. The average Bonchev–Trinajstić information content (AvgIpc) is 3.06. The fourth-order valence-electron chi connectivity index (χ4n) is 2.10. The highest BCUT2D eigenvalue weighted by atomic mass is 32.1. The molecule has 3 N–H and O–H groups in total. The number of anilines is 1. The second kappa shape index (κ2) is 4.44. The maximum atomic E-state index is 11.1. The molecule has 0 aliphatic carbocycles. The number of thiophene rings is 1. The van der Waals surface area contributed by atoms with Gasteiger partial charge in [0.25, 0.3) is 0 Å². The van der Waals surface area contributed by atoms with E-state index in [4.69, 9.17) is 5.11 Å². The van der Waals surface area contributed by atoms with E-state index >= 15 is 0 Å². The minimum absolute atomic E-state index is 0.0287. The van der Waals surface area contributed by atoms with Crippen LogP contribution in [0.3, 0.4) is 0 Å². The molecule has 1 aliphatic heterocycles. The molecule has 2 aromatic heterocycles. The number of carbonyl (C=O) groups excluding carboxylic acids is 1. The number of hydrogen-bond acceptors (Lipinski definition) is 4. The molecule has 5 heteroatoms. The number of fused-ring (bicyclic) bond motifs is 1. The lowest BCUT2D eigenvalue weighted by Crippen LogP contribution is -2.15. The van der Waals surface area contributed by atoms with E-state index in [1.165, 1.54) is 11.3 Å². The molecule has 0 saturated carbocycles. The summed E-state index contributed by atoms with van der Waals surface area (Å²) in [4.78, 5) is 15.1. The lowest BCUT2D eigenvalue weighted by Gasteiger charge is -2.05. The van der Waals surface area contributed by atoms with E-state index in [-0.39, 0.29) is 12.6 Å². The summed E-state index contributed by atoms with van der Waals surface area (Å²) >= 11 is 1.49. The molecule has 0 saturated heterocycles. The topological polar surface area (TPSA) is 65.1 Å². The quantitative estimate of drug-likeness (QED) is 0.740. The summed E-state index contributed by atoms with van der Waals surface area (Å²) in [6, 6.07) is 5.50. The number of aromatic nitrogens is 1. The third-order valence-corrected chi connectivity index (χ3v) is 3.99. The smallest absolute Gasteiger partial charge is 0.146 e. The van der Waals surface area contributed by atoms with Crippen LogP contribution in [0.2, 0.25) is 0 Å². The van der Waals surface area contributed by atoms with Crippen molar-refractivity contribution in [1.29, 1.82) is 0 Å². The van der Waals surface area contributed by atoms with Crippen molar-refractivity contribution in [1.82, 2.24) is 4.98 Å². The molecule has 0 amide bonds. The van der Waals surface area contributed by atoms with Crippen LogP contribution in [-0.4, -0.2) is 22.4 Å².